The van der Waals surface area contributed by atoms with Crippen LogP contribution < -0.4 is 0 Å². The number of halogens is 1. The van der Waals surface area contributed by atoms with E-state index in [-0.39, 0.29) is 0 Å². The Morgan fingerprint density at radius 1 is 0.818 bits per heavy atom. The van der Waals surface area contributed by atoms with Crippen LogP contribution in [0, 0.1) is 13.8 Å². The van der Waals surface area contributed by atoms with Gasteiger partial charge in [0.05, 0.1) is 11.2 Å². The lowest BCUT2D eigenvalue weighted by atomic mass is 10.1. The van der Waals surface area contributed by atoms with E-state index in [4.69, 9.17) is 0 Å². The smallest absolute Gasteiger partial charge is 0.0537 e. The van der Waals surface area contributed by atoms with Crippen LogP contribution in [0.4, 0.5) is 0 Å². The first-order valence-electron chi connectivity index (χ1n) is 7.42. The minimum Gasteiger partial charge on any atom is -0.313 e. The molecule has 1 heterocycles. The summed E-state index contributed by atoms with van der Waals surface area (Å²) in [5.41, 5.74) is 5.14. The maximum absolute atomic E-state index is 3.59. The monoisotopic (exact) mass is 349 g/mol. The van der Waals surface area contributed by atoms with E-state index in [1.807, 2.05) is 0 Å². The summed E-state index contributed by atoms with van der Waals surface area (Å²) in [5, 5.41) is 3.86. The van der Waals surface area contributed by atoms with Crippen LogP contribution in [0.25, 0.3) is 27.4 Å². The summed E-state index contributed by atoms with van der Waals surface area (Å²) in [6.07, 6.45) is 0. The van der Waals surface area contributed by atoms with Crippen molar-refractivity contribution in [1.29, 1.82) is 0 Å². The number of nitrogens with zero attached hydrogens (tertiary/aromatic N) is 1. The molecule has 0 atom stereocenters. The number of hydrogen-bond donors (Lipinski definition) is 0. The predicted octanol–water partition coefficient (Wildman–Crippen LogP) is 6.16. The van der Waals surface area contributed by atoms with Crippen LogP contribution in [0.1, 0.15) is 11.3 Å². The van der Waals surface area contributed by atoms with Crippen molar-refractivity contribution in [3.63, 3.8) is 0 Å². The van der Waals surface area contributed by atoms with Crippen LogP contribution >= 0.6 is 15.9 Å². The Bertz CT molecular complexity index is 1010. The van der Waals surface area contributed by atoms with Gasteiger partial charge >= 0.3 is 0 Å². The van der Waals surface area contributed by atoms with Gasteiger partial charge in [0.1, 0.15) is 0 Å². The third-order valence-electron chi connectivity index (χ3n) is 4.49. The number of aryl methyl sites for hydroxylation is 1. The summed E-state index contributed by atoms with van der Waals surface area (Å²) in [6, 6.07) is 21.6. The Morgan fingerprint density at radius 3 is 2.45 bits per heavy atom. The second kappa shape index (κ2) is 4.99. The van der Waals surface area contributed by atoms with Crippen molar-refractivity contribution in [2.24, 2.45) is 0 Å². The Kier molecular flexibility index (Phi) is 3.08. The molecule has 1 aromatic heterocycles. The van der Waals surface area contributed by atoms with E-state index in [0.29, 0.717) is 0 Å². The van der Waals surface area contributed by atoms with Crippen molar-refractivity contribution in [3.05, 3.63) is 76.4 Å². The zero-order valence-electron chi connectivity index (χ0n) is 12.6. The van der Waals surface area contributed by atoms with E-state index in [2.05, 4.69) is 95.0 Å². The molecular formula is C20H16BrN. The first-order chi connectivity index (χ1) is 10.7. The van der Waals surface area contributed by atoms with Gasteiger partial charge in [0, 0.05) is 20.9 Å². The molecule has 2 heteroatoms. The number of aromatic nitrogens is 1. The average Bonchev–Trinajstić information content (AvgIpc) is 2.78. The van der Waals surface area contributed by atoms with Crippen LogP contribution in [0.2, 0.25) is 0 Å². The first kappa shape index (κ1) is 13.6. The molecule has 22 heavy (non-hydrogen) atoms. The first-order valence-corrected chi connectivity index (χ1v) is 8.21. The lowest BCUT2D eigenvalue weighted by molar-refractivity contribution is 1.05. The molecular weight excluding hydrogens is 334 g/mol. The molecule has 0 fully saturated rings. The van der Waals surface area contributed by atoms with Gasteiger partial charge in [-0.05, 0) is 49.1 Å². The molecule has 0 amide bonds. The van der Waals surface area contributed by atoms with Crippen molar-refractivity contribution in [1.82, 2.24) is 4.57 Å². The molecule has 0 aliphatic carbocycles. The van der Waals surface area contributed by atoms with Gasteiger partial charge in [0.25, 0.3) is 0 Å². The lowest BCUT2D eigenvalue weighted by Gasteiger charge is -2.12. The van der Waals surface area contributed by atoms with Crippen molar-refractivity contribution in [2.75, 3.05) is 0 Å². The third-order valence-corrected chi connectivity index (χ3v) is 4.98. The van der Waals surface area contributed by atoms with Gasteiger partial charge in [-0.3, -0.25) is 0 Å². The van der Waals surface area contributed by atoms with Crippen LogP contribution in [0.3, 0.4) is 0 Å². The molecule has 0 unspecified atom stereocenters. The molecule has 0 spiro atoms. The topological polar surface area (TPSA) is 4.93 Å². The van der Waals surface area contributed by atoms with E-state index >= 15 is 0 Å². The van der Waals surface area contributed by atoms with Crippen LogP contribution in [0.15, 0.2) is 65.1 Å². The summed E-state index contributed by atoms with van der Waals surface area (Å²) < 4.78 is 3.50. The molecule has 0 N–H and O–H groups in total. The number of rotatable bonds is 1. The van der Waals surface area contributed by atoms with E-state index in [9.17, 15) is 0 Å². The quantitative estimate of drug-likeness (QED) is 0.387. The Morgan fingerprint density at radius 2 is 1.59 bits per heavy atom. The van der Waals surface area contributed by atoms with Gasteiger partial charge in [-0.2, -0.15) is 0 Å². The molecule has 0 aliphatic heterocycles. The standard InChI is InChI=1S/C20H16BrN/c1-13-14(2)22(20-11-10-16(21)12-18(13)20)19-9-5-7-15-6-3-4-8-17(15)19/h3-12H,1-2H3. The minimum absolute atomic E-state index is 1.12. The summed E-state index contributed by atoms with van der Waals surface area (Å²) in [4.78, 5) is 0. The summed E-state index contributed by atoms with van der Waals surface area (Å²) in [7, 11) is 0. The lowest BCUT2D eigenvalue weighted by Crippen LogP contribution is -1.97. The largest absolute Gasteiger partial charge is 0.313 e. The Hall–Kier alpha value is -2.06. The highest BCUT2D eigenvalue weighted by molar-refractivity contribution is 9.10. The van der Waals surface area contributed by atoms with Crippen molar-refractivity contribution < 1.29 is 0 Å². The molecule has 0 saturated heterocycles. The van der Waals surface area contributed by atoms with Crippen LogP contribution in [-0.4, -0.2) is 4.57 Å². The molecule has 0 saturated carbocycles. The zero-order valence-corrected chi connectivity index (χ0v) is 14.2. The minimum atomic E-state index is 1.12. The molecule has 0 aliphatic rings. The fourth-order valence-corrected chi connectivity index (χ4v) is 3.62. The molecule has 4 rings (SSSR count). The second-order valence-corrected chi connectivity index (χ2v) is 6.62. The van der Waals surface area contributed by atoms with Gasteiger partial charge in [-0.15, -0.1) is 0 Å². The fraction of sp³-hybridized carbons (Fsp3) is 0.100. The average molecular weight is 350 g/mol. The molecule has 1 nitrogen and oxygen atoms in total. The molecule has 108 valence electrons. The molecule has 4 aromatic rings. The zero-order chi connectivity index (χ0) is 15.3. The van der Waals surface area contributed by atoms with Gasteiger partial charge in [-0.25, -0.2) is 0 Å². The second-order valence-electron chi connectivity index (χ2n) is 5.71. The maximum atomic E-state index is 3.59. The Balaban J connectivity index is 2.15. The normalized spacial score (nSPS) is 11.4. The van der Waals surface area contributed by atoms with Crippen molar-refractivity contribution in [3.8, 4) is 5.69 Å². The maximum Gasteiger partial charge on any atom is 0.0537 e. The fourth-order valence-electron chi connectivity index (χ4n) is 3.26. The summed E-state index contributed by atoms with van der Waals surface area (Å²) >= 11 is 3.59. The van der Waals surface area contributed by atoms with E-state index < -0.39 is 0 Å². The number of fused-ring (bicyclic) bond motifs is 2. The molecule has 0 radical (unpaired) electrons. The van der Waals surface area contributed by atoms with E-state index in [0.717, 1.165) is 4.47 Å². The Labute approximate surface area is 138 Å². The van der Waals surface area contributed by atoms with Gasteiger partial charge in [0.15, 0.2) is 0 Å². The highest BCUT2D eigenvalue weighted by atomic mass is 79.9. The van der Waals surface area contributed by atoms with Crippen molar-refractivity contribution in [2.45, 2.75) is 13.8 Å². The molecule has 0 bridgehead atoms. The number of hydrogen-bond acceptors (Lipinski definition) is 0. The van der Waals surface area contributed by atoms with E-state index in [1.165, 1.54) is 38.6 Å². The van der Waals surface area contributed by atoms with Gasteiger partial charge < -0.3 is 4.57 Å². The summed E-state index contributed by atoms with van der Waals surface area (Å²) in [6.45, 7) is 4.40. The summed E-state index contributed by atoms with van der Waals surface area (Å²) in [5.74, 6) is 0. The molecule has 3 aromatic carbocycles. The SMILES string of the molecule is Cc1c(C)n(-c2cccc3ccccc23)c2ccc(Br)cc12. The van der Waals surface area contributed by atoms with E-state index in [1.54, 1.807) is 0 Å². The predicted molar refractivity (Wildman–Crippen MR) is 98.0 cm³/mol. The van der Waals surface area contributed by atoms with Crippen LogP contribution in [0.5, 0.6) is 0 Å². The number of benzene rings is 3. The van der Waals surface area contributed by atoms with Crippen molar-refractivity contribution >= 4 is 37.6 Å². The highest BCUT2D eigenvalue weighted by Crippen LogP contribution is 2.33. The third kappa shape index (κ3) is 1.91. The van der Waals surface area contributed by atoms with Gasteiger partial charge in [0.2, 0.25) is 0 Å². The van der Waals surface area contributed by atoms with Gasteiger partial charge in [-0.1, -0.05) is 52.3 Å². The highest BCUT2D eigenvalue weighted by Gasteiger charge is 2.14. The van der Waals surface area contributed by atoms with Crippen LogP contribution in [-0.2, 0) is 0 Å².